The number of aryl methyl sites for hydroxylation is 1. The highest BCUT2D eigenvalue weighted by Crippen LogP contribution is 2.35. The molecule has 5 nitrogen and oxygen atoms in total. The quantitative estimate of drug-likeness (QED) is 0.870. The molecule has 1 aromatic rings. The highest BCUT2D eigenvalue weighted by molar-refractivity contribution is 5.85. The average molecular weight is 355 g/mol. The van der Waals surface area contributed by atoms with Crippen molar-refractivity contribution in [1.82, 2.24) is 5.32 Å². The van der Waals surface area contributed by atoms with Crippen LogP contribution in [0.1, 0.15) is 42.9 Å². The fraction of sp³-hybridized carbons (Fsp3) is 0.611. The summed E-state index contributed by atoms with van der Waals surface area (Å²) in [6, 6.07) is 6.21. The number of fused-ring (bicyclic) bond motifs is 1. The number of carbonyl (C=O) groups excluding carboxylic acids is 1. The first-order valence-corrected chi connectivity index (χ1v) is 8.44. The maximum Gasteiger partial charge on any atom is 0.228 e. The lowest BCUT2D eigenvalue weighted by Crippen LogP contribution is -2.50. The molecule has 0 radical (unpaired) electrons. The van der Waals surface area contributed by atoms with Crippen LogP contribution in [0, 0.1) is 5.41 Å². The molecule has 1 heterocycles. The largest absolute Gasteiger partial charge is 0.497 e. The van der Waals surface area contributed by atoms with E-state index in [9.17, 15) is 4.79 Å². The molecule has 1 fully saturated rings. The van der Waals surface area contributed by atoms with Gasteiger partial charge in [-0.25, -0.2) is 0 Å². The second-order valence-electron chi connectivity index (χ2n) is 6.58. The Balaban J connectivity index is 0.00000208. The summed E-state index contributed by atoms with van der Waals surface area (Å²) in [6.07, 6.45) is 4.50. The summed E-state index contributed by atoms with van der Waals surface area (Å²) in [4.78, 5) is 12.9. The summed E-state index contributed by atoms with van der Waals surface area (Å²) in [6.45, 7) is 1.61. The highest BCUT2D eigenvalue weighted by atomic mass is 35.5. The van der Waals surface area contributed by atoms with Gasteiger partial charge < -0.3 is 20.5 Å². The number of hydrogen-bond donors (Lipinski definition) is 2. The molecule has 0 aromatic heterocycles. The van der Waals surface area contributed by atoms with E-state index in [4.69, 9.17) is 15.2 Å². The van der Waals surface area contributed by atoms with Crippen LogP contribution in [-0.2, 0) is 16.0 Å². The molecule has 1 amide bonds. The summed E-state index contributed by atoms with van der Waals surface area (Å²) >= 11 is 0. The van der Waals surface area contributed by atoms with E-state index in [0.29, 0.717) is 32.6 Å². The molecule has 1 aliphatic heterocycles. The van der Waals surface area contributed by atoms with Crippen LogP contribution in [0.4, 0.5) is 0 Å². The summed E-state index contributed by atoms with van der Waals surface area (Å²) in [5.41, 5.74) is 7.96. The number of benzene rings is 1. The number of amides is 1. The monoisotopic (exact) mass is 354 g/mol. The van der Waals surface area contributed by atoms with Crippen molar-refractivity contribution in [3.05, 3.63) is 29.3 Å². The lowest BCUT2D eigenvalue weighted by Gasteiger charge is -2.37. The van der Waals surface area contributed by atoms with Crippen molar-refractivity contribution in [3.63, 3.8) is 0 Å². The van der Waals surface area contributed by atoms with Crippen LogP contribution < -0.4 is 15.8 Å². The number of rotatable bonds is 4. The predicted molar refractivity (Wildman–Crippen MR) is 95.6 cm³/mol. The lowest BCUT2D eigenvalue weighted by atomic mass is 9.78. The molecule has 0 bridgehead atoms. The Morgan fingerprint density at radius 1 is 1.42 bits per heavy atom. The molecule has 24 heavy (non-hydrogen) atoms. The van der Waals surface area contributed by atoms with Gasteiger partial charge in [0.2, 0.25) is 5.91 Å². The Kier molecular flexibility index (Phi) is 6.49. The number of ether oxygens (including phenoxy) is 2. The highest BCUT2D eigenvalue weighted by Gasteiger charge is 2.40. The van der Waals surface area contributed by atoms with Crippen LogP contribution >= 0.6 is 12.4 Å². The minimum absolute atomic E-state index is 0. The molecule has 1 aromatic carbocycles. The third-order valence-electron chi connectivity index (χ3n) is 5.29. The van der Waals surface area contributed by atoms with Crippen LogP contribution in [0.5, 0.6) is 5.75 Å². The van der Waals surface area contributed by atoms with E-state index in [1.54, 1.807) is 7.11 Å². The number of halogens is 1. The summed E-state index contributed by atoms with van der Waals surface area (Å²) in [7, 11) is 1.68. The van der Waals surface area contributed by atoms with E-state index < -0.39 is 5.41 Å². The first-order chi connectivity index (χ1) is 11.2. The van der Waals surface area contributed by atoms with Crippen molar-refractivity contribution < 1.29 is 14.3 Å². The Hall–Kier alpha value is -1.30. The standard InChI is InChI=1S/C18H26N2O3.ClH/c1-22-14-5-6-15-13(11-14)3-2-4-16(15)20-17(21)18(12-19)7-9-23-10-8-18;/h5-6,11,16H,2-4,7-10,12,19H2,1H3,(H,20,21);1H. The first kappa shape index (κ1) is 19.0. The minimum Gasteiger partial charge on any atom is -0.497 e. The predicted octanol–water partition coefficient (Wildman–Crippen LogP) is 2.37. The van der Waals surface area contributed by atoms with E-state index in [1.807, 2.05) is 6.07 Å². The van der Waals surface area contributed by atoms with E-state index in [2.05, 4.69) is 17.4 Å². The lowest BCUT2D eigenvalue weighted by molar-refractivity contribution is -0.136. The molecule has 1 saturated heterocycles. The van der Waals surface area contributed by atoms with Crippen molar-refractivity contribution in [2.24, 2.45) is 11.1 Å². The first-order valence-electron chi connectivity index (χ1n) is 8.44. The zero-order chi connectivity index (χ0) is 16.3. The molecule has 3 N–H and O–H groups in total. The van der Waals surface area contributed by atoms with Crippen molar-refractivity contribution in [1.29, 1.82) is 0 Å². The topological polar surface area (TPSA) is 73.6 Å². The van der Waals surface area contributed by atoms with Gasteiger partial charge in [-0.1, -0.05) is 6.07 Å². The molecular formula is C18H27ClN2O3. The second kappa shape index (κ2) is 8.19. The van der Waals surface area contributed by atoms with Crippen LogP contribution in [-0.4, -0.2) is 32.8 Å². The molecule has 1 aliphatic carbocycles. The molecule has 134 valence electrons. The van der Waals surface area contributed by atoms with Gasteiger partial charge in [0.05, 0.1) is 18.6 Å². The van der Waals surface area contributed by atoms with Gasteiger partial charge in [0.1, 0.15) is 5.75 Å². The van der Waals surface area contributed by atoms with Gasteiger partial charge in [-0.2, -0.15) is 0 Å². The van der Waals surface area contributed by atoms with Gasteiger partial charge in [-0.05, 0) is 55.4 Å². The number of nitrogens with two attached hydrogens (primary N) is 1. The van der Waals surface area contributed by atoms with Gasteiger partial charge in [0, 0.05) is 19.8 Å². The molecule has 3 rings (SSSR count). The van der Waals surface area contributed by atoms with Gasteiger partial charge in [-0.15, -0.1) is 12.4 Å². The minimum atomic E-state index is -0.470. The van der Waals surface area contributed by atoms with Crippen molar-refractivity contribution in [2.75, 3.05) is 26.9 Å². The van der Waals surface area contributed by atoms with Crippen LogP contribution in [0.25, 0.3) is 0 Å². The van der Waals surface area contributed by atoms with Crippen molar-refractivity contribution in [3.8, 4) is 5.75 Å². The molecule has 0 spiro atoms. The number of nitrogens with one attached hydrogen (secondary N) is 1. The van der Waals surface area contributed by atoms with E-state index in [0.717, 1.165) is 25.0 Å². The summed E-state index contributed by atoms with van der Waals surface area (Å²) in [5.74, 6) is 0.954. The maximum absolute atomic E-state index is 12.9. The molecule has 1 atom stereocenters. The average Bonchev–Trinajstić information content (AvgIpc) is 2.62. The van der Waals surface area contributed by atoms with E-state index >= 15 is 0 Å². The zero-order valence-corrected chi connectivity index (χ0v) is 15.0. The maximum atomic E-state index is 12.9. The van der Waals surface area contributed by atoms with Crippen molar-refractivity contribution in [2.45, 2.75) is 38.1 Å². The van der Waals surface area contributed by atoms with Crippen LogP contribution in [0.3, 0.4) is 0 Å². The number of methoxy groups -OCH3 is 1. The smallest absolute Gasteiger partial charge is 0.228 e. The van der Waals surface area contributed by atoms with Gasteiger partial charge in [0.25, 0.3) is 0 Å². The van der Waals surface area contributed by atoms with E-state index in [1.165, 1.54) is 11.1 Å². The molecule has 2 aliphatic rings. The molecular weight excluding hydrogens is 328 g/mol. The van der Waals surface area contributed by atoms with Gasteiger partial charge >= 0.3 is 0 Å². The normalized spacial score (nSPS) is 22.0. The Bertz CT molecular complexity index is 573. The molecule has 1 unspecified atom stereocenters. The number of carbonyl (C=O) groups is 1. The second-order valence-corrected chi connectivity index (χ2v) is 6.58. The fourth-order valence-electron chi connectivity index (χ4n) is 3.66. The summed E-state index contributed by atoms with van der Waals surface area (Å²) in [5, 5.41) is 3.26. The third-order valence-corrected chi connectivity index (χ3v) is 5.29. The van der Waals surface area contributed by atoms with Gasteiger partial charge in [-0.3, -0.25) is 4.79 Å². The Labute approximate surface area is 149 Å². The van der Waals surface area contributed by atoms with Crippen LogP contribution in [0.2, 0.25) is 0 Å². The number of hydrogen-bond acceptors (Lipinski definition) is 4. The SMILES string of the molecule is COc1ccc2c(c1)CCCC2NC(=O)C1(CN)CCOCC1.Cl. The van der Waals surface area contributed by atoms with E-state index in [-0.39, 0.29) is 24.4 Å². The van der Waals surface area contributed by atoms with Crippen molar-refractivity contribution >= 4 is 18.3 Å². The Morgan fingerprint density at radius 3 is 2.83 bits per heavy atom. The van der Waals surface area contributed by atoms with Crippen LogP contribution in [0.15, 0.2) is 18.2 Å². The summed E-state index contributed by atoms with van der Waals surface area (Å²) < 4.78 is 10.7. The third kappa shape index (κ3) is 3.68. The van der Waals surface area contributed by atoms with Gasteiger partial charge in [0.15, 0.2) is 0 Å². The molecule has 0 saturated carbocycles. The fourth-order valence-corrected chi connectivity index (χ4v) is 3.66. The Morgan fingerprint density at radius 2 is 2.17 bits per heavy atom. The molecule has 6 heteroatoms. The zero-order valence-electron chi connectivity index (χ0n) is 14.2.